The summed E-state index contributed by atoms with van der Waals surface area (Å²) in [5.41, 5.74) is 0.724. The minimum absolute atomic E-state index is 0.0285. The quantitative estimate of drug-likeness (QED) is 0.737. The number of amides is 1. The first-order chi connectivity index (χ1) is 9.43. The number of carboxylic acids is 1. The van der Waals surface area contributed by atoms with Gasteiger partial charge < -0.3 is 15.2 Å². The number of rotatable bonds is 3. The predicted molar refractivity (Wildman–Crippen MR) is 82.4 cm³/mol. The Morgan fingerprint density at radius 1 is 1.20 bits per heavy atom. The standard InChI is InChI=1S/C12H12N2O4S2/c1-2-18-12(17)14-10(20)9(19)13-8-5-3-7(4-6-8)11(15)16/h3-6H,2H2,1H3,(H,13,19)(H,15,16)(H,14,17,20). The van der Waals surface area contributed by atoms with Crippen LogP contribution in [-0.4, -0.2) is 33.8 Å². The molecule has 20 heavy (non-hydrogen) atoms. The number of alkyl carbamates (subject to hydrolysis) is 1. The molecule has 1 aromatic carbocycles. The molecule has 0 bridgehead atoms. The van der Waals surface area contributed by atoms with Crippen molar-refractivity contribution < 1.29 is 19.4 Å². The summed E-state index contributed by atoms with van der Waals surface area (Å²) in [6.07, 6.45) is -0.678. The minimum Gasteiger partial charge on any atom is -0.478 e. The van der Waals surface area contributed by atoms with Gasteiger partial charge in [-0.3, -0.25) is 5.32 Å². The molecule has 0 heterocycles. The molecule has 0 aliphatic carbocycles. The normalized spacial score (nSPS) is 9.45. The molecule has 1 rings (SSSR count). The highest BCUT2D eigenvalue weighted by Gasteiger charge is 2.10. The van der Waals surface area contributed by atoms with Gasteiger partial charge in [-0.2, -0.15) is 0 Å². The van der Waals surface area contributed by atoms with E-state index in [0.717, 1.165) is 0 Å². The maximum Gasteiger partial charge on any atom is 0.412 e. The summed E-state index contributed by atoms with van der Waals surface area (Å²) in [5, 5.41) is 13.9. The van der Waals surface area contributed by atoms with Crippen molar-refractivity contribution >= 4 is 52.2 Å². The Morgan fingerprint density at radius 3 is 2.30 bits per heavy atom. The molecule has 1 aromatic rings. The van der Waals surface area contributed by atoms with E-state index in [-0.39, 0.29) is 22.1 Å². The fourth-order valence-electron chi connectivity index (χ4n) is 1.20. The summed E-state index contributed by atoms with van der Waals surface area (Å²) in [7, 11) is 0. The average Bonchev–Trinajstić information content (AvgIpc) is 2.39. The molecule has 0 aromatic heterocycles. The fourth-order valence-corrected chi connectivity index (χ4v) is 1.50. The van der Waals surface area contributed by atoms with Crippen molar-refractivity contribution in [1.82, 2.24) is 5.32 Å². The van der Waals surface area contributed by atoms with E-state index in [0.29, 0.717) is 5.69 Å². The van der Waals surface area contributed by atoms with Crippen molar-refractivity contribution in [1.29, 1.82) is 0 Å². The van der Waals surface area contributed by atoms with Crippen molar-refractivity contribution in [3.05, 3.63) is 29.8 Å². The lowest BCUT2D eigenvalue weighted by molar-refractivity contribution is 0.0697. The van der Waals surface area contributed by atoms with Crippen molar-refractivity contribution in [2.45, 2.75) is 6.92 Å². The SMILES string of the molecule is CCOC(=O)NC(=S)C(=S)Nc1ccc(C(=O)O)cc1. The number of hydrogen-bond donors (Lipinski definition) is 3. The Kier molecular flexibility index (Phi) is 6.01. The number of aromatic carboxylic acids is 1. The molecule has 0 aliphatic heterocycles. The topological polar surface area (TPSA) is 87.7 Å². The van der Waals surface area contributed by atoms with Crippen LogP contribution in [0.5, 0.6) is 0 Å². The molecular formula is C12H12N2O4S2. The molecule has 0 spiro atoms. The van der Waals surface area contributed by atoms with Gasteiger partial charge in [-0.1, -0.05) is 24.4 Å². The van der Waals surface area contributed by atoms with Gasteiger partial charge in [-0.05, 0) is 31.2 Å². The molecule has 0 saturated carbocycles. The summed E-state index contributed by atoms with van der Waals surface area (Å²) < 4.78 is 4.66. The molecule has 3 N–H and O–H groups in total. The largest absolute Gasteiger partial charge is 0.478 e. The Balaban J connectivity index is 2.59. The van der Waals surface area contributed by atoms with Crippen LogP contribution in [0, 0.1) is 0 Å². The zero-order chi connectivity index (χ0) is 15.1. The fraction of sp³-hybridized carbons (Fsp3) is 0.167. The summed E-state index contributed by atoms with van der Waals surface area (Å²) in [6.45, 7) is 1.90. The molecule has 0 radical (unpaired) electrons. The number of benzene rings is 1. The lowest BCUT2D eigenvalue weighted by atomic mass is 10.2. The van der Waals surface area contributed by atoms with Gasteiger partial charge in [0.15, 0.2) is 0 Å². The molecule has 0 atom stereocenters. The third-order valence-electron chi connectivity index (χ3n) is 2.09. The number of anilines is 1. The van der Waals surface area contributed by atoms with E-state index in [1.54, 1.807) is 19.1 Å². The van der Waals surface area contributed by atoms with Gasteiger partial charge in [0.05, 0.1) is 12.2 Å². The van der Waals surface area contributed by atoms with Gasteiger partial charge in [0.25, 0.3) is 0 Å². The van der Waals surface area contributed by atoms with E-state index < -0.39 is 12.1 Å². The highest BCUT2D eigenvalue weighted by molar-refractivity contribution is 7.89. The number of carboxylic acid groups (broad SMARTS) is 1. The first-order valence-corrected chi connectivity index (χ1v) is 6.38. The van der Waals surface area contributed by atoms with Gasteiger partial charge in [0, 0.05) is 5.69 Å². The summed E-state index contributed by atoms with van der Waals surface area (Å²) in [5.74, 6) is -1.02. The van der Waals surface area contributed by atoms with Crippen LogP contribution >= 0.6 is 24.4 Å². The monoisotopic (exact) mass is 312 g/mol. The van der Waals surface area contributed by atoms with Gasteiger partial charge in [0.2, 0.25) is 0 Å². The number of thiocarbonyl (C=S) groups is 2. The van der Waals surface area contributed by atoms with Gasteiger partial charge in [-0.15, -0.1) is 0 Å². The lowest BCUT2D eigenvalue weighted by Crippen LogP contribution is -2.37. The minimum atomic E-state index is -1.02. The Labute approximate surface area is 126 Å². The van der Waals surface area contributed by atoms with Crippen LogP contribution in [0.1, 0.15) is 17.3 Å². The summed E-state index contributed by atoms with van der Waals surface area (Å²) in [6, 6.07) is 5.94. The average molecular weight is 312 g/mol. The second-order valence-electron chi connectivity index (χ2n) is 3.51. The molecule has 0 saturated heterocycles. The zero-order valence-corrected chi connectivity index (χ0v) is 12.1. The van der Waals surface area contributed by atoms with Crippen LogP contribution in [0.15, 0.2) is 24.3 Å². The van der Waals surface area contributed by atoms with Crippen LogP contribution in [0.3, 0.4) is 0 Å². The maximum atomic E-state index is 11.2. The van der Waals surface area contributed by atoms with E-state index in [4.69, 9.17) is 29.5 Å². The Morgan fingerprint density at radius 2 is 1.80 bits per heavy atom. The highest BCUT2D eigenvalue weighted by Crippen LogP contribution is 2.09. The maximum absolute atomic E-state index is 11.2. The number of carbonyl (C=O) groups is 2. The van der Waals surface area contributed by atoms with Crippen molar-refractivity contribution in [2.24, 2.45) is 0 Å². The van der Waals surface area contributed by atoms with Gasteiger partial charge >= 0.3 is 12.1 Å². The second kappa shape index (κ2) is 7.51. The molecule has 0 aliphatic rings. The molecule has 0 fully saturated rings. The van der Waals surface area contributed by atoms with Crippen LogP contribution in [0.25, 0.3) is 0 Å². The number of ether oxygens (including phenoxy) is 1. The van der Waals surface area contributed by atoms with Crippen LogP contribution in [0.2, 0.25) is 0 Å². The molecule has 0 unspecified atom stereocenters. The second-order valence-corrected chi connectivity index (χ2v) is 4.33. The number of carbonyl (C=O) groups excluding carboxylic acids is 1. The van der Waals surface area contributed by atoms with Gasteiger partial charge in [-0.25, -0.2) is 9.59 Å². The van der Waals surface area contributed by atoms with Crippen molar-refractivity contribution in [3.63, 3.8) is 0 Å². The zero-order valence-electron chi connectivity index (χ0n) is 10.5. The molecule has 106 valence electrons. The van der Waals surface area contributed by atoms with E-state index in [1.165, 1.54) is 12.1 Å². The smallest absolute Gasteiger partial charge is 0.412 e. The first-order valence-electron chi connectivity index (χ1n) is 5.56. The lowest BCUT2D eigenvalue weighted by Gasteiger charge is -2.10. The predicted octanol–water partition coefficient (Wildman–Crippen LogP) is 2.20. The molecular weight excluding hydrogens is 300 g/mol. The van der Waals surface area contributed by atoms with E-state index in [9.17, 15) is 9.59 Å². The number of hydrogen-bond acceptors (Lipinski definition) is 5. The van der Waals surface area contributed by atoms with Crippen LogP contribution < -0.4 is 10.6 Å². The Hall–Kier alpha value is -2.06. The van der Waals surface area contributed by atoms with E-state index >= 15 is 0 Å². The Bertz CT molecular complexity index is 543. The van der Waals surface area contributed by atoms with Crippen LogP contribution in [-0.2, 0) is 4.74 Å². The van der Waals surface area contributed by atoms with Crippen LogP contribution in [0.4, 0.5) is 10.5 Å². The molecule has 8 heteroatoms. The molecule has 6 nitrogen and oxygen atoms in total. The van der Waals surface area contributed by atoms with Crippen molar-refractivity contribution in [2.75, 3.05) is 11.9 Å². The van der Waals surface area contributed by atoms with Gasteiger partial charge in [0.1, 0.15) is 9.98 Å². The first kappa shape index (κ1) is 16.0. The molecule has 1 amide bonds. The third kappa shape index (κ3) is 4.90. The highest BCUT2D eigenvalue weighted by atomic mass is 32.1. The van der Waals surface area contributed by atoms with E-state index in [1.807, 2.05) is 0 Å². The van der Waals surface area contributed by atoms with Crippen molar-refractivity contribution in [3.8, 4) is 0 Å². The van der Waals surface area contributed by atoms with E-state index in [2.05, 4.69) is 15.4 Å². The third-order valence-corrected chi connectivity index (χ3v) is 2.83. The summed E-state index contributed by atoms with van der Waals surface area (Å²) in [4.78, 5) is 22.0. The number of nitrogens with one attached hydrogen (secondary N) is 2. The summed E-state index contributed by atoms with van der Waals surface area (Å²) >= 11 is 9.93.